The van der Waals surface area contributed by atoms with E-state index < -0.39 is 0 Å². The minimum atomic E-state index is 0.0535. The summed E-state index contributed by atoms with van der Waals surface area (Å²) in [4.78, 5) is 17.2. The van der Waals surface area contributed by atoms with Gasteiger partial charge in [0.25, 0.3) is 5.91 Å². The van der Waals surface area contributed by atoms with Gasteiger partial charge in [0.05, 0.1) is 13.7 Å². The number of nitrogens with zero attached hydrogens (tertiary/aromatic N) is 2. The molecule has 1 aliphatic rings. The molecule has 28 heavy (non-hydrogen) atoms. The molecular weight excluding hydrogens is 352 g/mol. The molecule has 0 atom stereocenters. The van der Waals surface area contributed by atoms with E-state index in [9.17, 15) is 4.79 Å². The second-order valence-corrected chi connectivity index (χ2v) is 7.12. The first-order valence-corrected chi connectivity index (χ1v) is 10.1. The van der Waals surface area contributed by atoms with E-state index in [1.165, 1.54) is 5.56 Å². The van der Waals surface area contributed by atoms with Crippen LogP contribution in [-0.2, 0) is 6.54 Å². The van der Waals surface area contributed by atoms with Crippen LogP contribution < -0.4 is 9.47 Å². The van der Waals surface area contributed by atoms with Crippen molar-refractivity contribution in [2.75, 3.05) is 39.9 Å². The Morgan fingerprint density at radius 1 is 1.00 bits per heavy atom. The van der Waals surface area contributed by atoms with Crippen LogP contribution in [0.2, 0.25) is 0 Å². The van der Waals surface area contributed by atoms with Crippen molar-refractivity contribution in [2.24, 2.45) is 0 Å². The zero-order valence-electron chi connectivity index (χ0n) is 16.9. The van der Waals surface area contributed by atoms with Crippen LogP contribution >= 0.6 is 0 Å². The number of amides is 1. The SMILES string of the molecule is CCCCOc1ccc(C(=O)N2CCN(Cc3ccccc3)CC2)cc1OC. The maximum absolute atomic E-state index is 12.9. The van der Waals surface area contributed by atoms with Crippen LogP contribution in [0, 0.1) is 0 Å². The number of hydrogen-bond acceptors (Lipinski definition) is 4. The highest BCUT2D eigenvalue weighted by atomic mass is 16.5. The van der Waals surface area contributed by atoms with E-state index >= 15 is 0 Å². The number of hydrogen-bond donors (Lipinski definition) is 0. The van der Waals surface area contributed by atoms with Crippen molar-refractivity contribution >= 4 is 5.91 Å². The summed E-state index contributed by atoms with van der Waals surface area (Å²) in [6.07, 6.45) is 2.08. The lowest BCUT2D eigenvalue weighted by Gasteiger charge is -2.34. The number of methoxy groups -OCH3 is 1. The topological polar surface area (TPSA) is 42.0 Å². The van der Waals surface area contributed by atoms with Gasteiger partial charge < -0.3 is 14.4 Å². The average Bonchev–Trinajstić information content (AvgIpc) is 2.75. The first-order chi connectivity index (χ1) is 13.7. The van der Waals surface area contributed by atoms with E-state index in [0.29, 0.717) is 23.7 Å². The molecule has 5 nitrogen and oxygen atoms in total. The maximum atomic E-state index is 12.9. The molecule has 2 aromatic rings. The quantitative estimate of drug-likeness (QED) is 0.651. The highest BCUT2D eigenvalue weighted by Gasteiger charge is 2.23. The third-order valence-electron chi connectivity index (χ3n) is 5.07. The molecule has 3 rings (SSSR count). The van der Waals surface area contributed by atoms with E-state index in [4.69, 9.17) is 9.47 Å². The molecule has 0 radical (unpaired) electrons. The molecule has 2 aromatic carbocycles. The summed E-state index contributed by atoms with van der Waals surface area (Å²) in [6, 6.07) is 15.9. The molecule has 150 valence electrons. The predicted octanol–water partition coefficient (Wildman–Crippen LogP) is 3.83. The monoisotopic (exact) mass is 382 g/mol. The van der Waals surface area contributed by atoms with Crippen LogP contribution in [0.1, 0.15) is 35.7 Å². The average molecular weight is 383 g/mol. The third-order valence-corrected chi connectivity index (χ3v) is 5.07. The summed E-state index contributed by atoms with van der Waals surface area (Å²) in [6.45, 7) is 6.96. The standard InChI is InChI=1S/C23H30N2O3/c1-3-4-16-28-21-11-10-20(17-22(21)27-2)23(26)25-14-12-24(13-15-25)18-19-8-6-5-7-9-19/h5-11,17H,3-4,12-16,18H2,1-2H3. The summed E-state index contributed by atoms with van der Waals surface area (Å²) in [5.41, 5.74) is 1.96. The first-order valence-electron chi connectivity index (χ1n) is 10.1. The van der Waals surface area contributed by atoms with E-state index in [-0.39, 0.29) is 5.91 Å². The van der Waals surface area contributed by atoms with Gasteiger partial charge in [0.1, 0.15) is 0 Å². The number of carbonyl (C=O) groups is 1. The van der Waals surface area contributed by atoms with Crippen molar-refractivity contribution < 1.29 is 14.3 Å². The molecular formula is C23H30N2O3. The Kier molecular flexibility index (Phi) is 7.31. The van der Waals surface area contributed by atoms with Crippen LogP contribution in [0.3, 0.4) is 0 Å². The van der Waals surface area contributed by atoms with Crippen LogP contribution in [-0.4, -0.2) is 55.6 Å². The molecule has 0 N–H and O–H groups in total. The lowest BCUT2D eigenvalue weighted by molar-refractivity contribution is 0.0628. The molecule has 0 bridgehead atoms. The zero-order valence-corrected chi connectivity index (χ0v) is 16.9. The minimum Gasteiger partial charge on any atom is -0.493 e. The fourth-order valence-corrected chi connectivity index (χ4v) is 3.38. The molecule has 0 spiro atoms. The van der Waals surface area contributed by atoms with E-state index in [1.807, 2.05) is 23.1 Å². The minimum absolute atomic E-state index is 0.0535. The Balaban J connectivity index is 1.57. The molecule has 1 heterocycles. The molecule has 0 aliphatic carbocycles. The van der Waals surface area contributed by atoms with Crippen molar-refractivity contribution in [3.05, 3.63) is 59.7 Å². The fourth-order valence-electron chi connectivity index (χ4n) is 3.38. The van der Waals surface area contributed by atoms with Gasteiger partial charge in [-0.1, -0.05) is 43.7 Å². The van der Waals surface area contributed by atoms with Gasteiger partial charge >= 0.3 is 0 Å². The highest BCUT2D eigenvalue weighted by molar-refractivity contribution is 5.95. The first kappa shape index (κ1) is 20.2. The molecule has 0 aromatic heterocycles. The largest absolute Gasteiger partial charge is 0.493 e. The fraction of sp³-hybridized carbons (Fsp3) is 0.435. The summed E-state index contributed by atoms with van der Waals surface area (Å²) in [5, 5.41) is 0. The Morgan fingerprint density at radius 2 is 1.75 bits per heavy atom. The Labute approximate surface area is 167 Å². The number of piperazine rings is 1. The highest BCUT2D eigenvalue weighted by Crippen LogP contribution is 2.29. The van der Waals surface area contributed by atoms with Gasteiger partial charge in [-0.25, -0.2) is 0 Å². The van der Waals surface area contributed by atoms with Gasteiger partial charge in [-0.15, -0.1) is 0 Å². The van der Waals surface area contributed by atoms with Crippen LogP contribution in [0.4, 0.5) is 0 Å². The second-order valence-electron chi connectivity index (χ2n) is 7.12. The Morgan fingerprint density at radius 3 is 2.43 bits per heavy atom. The number of ether oxygens (including phenoxy) is 2. The smallest absolute Gasteiger partial charge is 0.254 e. The van der Waals surface area contributed by atoms with E-state index in [1.54, 1.807) is 13.2 Å². The second kappa shape index (κ2) is 10.1. The molecule has 1 amide bonds. The van der Waals surface area contributed by atoms with Crippen molar-refractivity contribution in [2.45, 2.75) is 26.3 Å². The predicted molar refractivity (Wildman–Crippen MR) is 111 cm³/mol. The normalized spacial score (nSPS) is 14.7. The molecule has 5 heteroatoms. The van der Waals surface area contributed by atoms with Gasteiger partial charge in [0.2, 0.25) is 0 Å². The van der Waals surface area contributed by atoms with E-state index in [2.05, 4.69) is 36.1 Å². The zero-order chi connectivity index (χ0) is 19.8. The third kappa shape index (κ3) is 5.26. The Hall–Kier alpha value is -2.53. The molecule has 0 unspecified atom stereocenters. The van der Waals surface area contributed by atoms with Gasteiger partial charge in [0, 0.05) is 38.3 Å². The Bertz CT molecular complexity index is 756. The summed E-state index contributed by atoms with van der Waals surface area (Å²) < 4.78 is 11.2. The summed E-state index contributed by atoms with van der Waals surface area (Å²) in [7, 11) is 1.61. The van der Waals surface area contributed by atoms with Gasteiger partial charge in [0.15, 0.2) is 11.5 Å². The summed E-state index contributed by atoms with van der Waals surface area (Å²) in [5.74, 6) is 1.36. The number of benzene rings is 2. The van der Waals surface area contributed by atoms with Crippen molar-refractivity contribution in [3.8, 4) is 11.5 Å². The summed E-state index contributed by atoms with van der Waals surface area (Å²) >= 11 is 0. The van der Waals surface area contributed by atoms with Crippen molar-refractivity contribution in [1.82, 2.24) is 9.80 Å². The van der Waals surface area contributed by atoms with Crippen LogP contribution in [0.15, 0.2) is 48.5 Å². The number of rotatable bonds is 8. The van der Waals surface area contributed by atoms with Gasteiger partial charge in [-0.05, 0) is 30.2 Å². The van der Waals surface area contributed by atoms with Crippen molar-refractivity contribution in [1.29, 1.82) is 0 Å². The van der Waals surface area contributed by atoms with Crippen molar-refractivity contribution in [3.63, 3.8) is 0 Å². The maximum Gasteiger partial charge on any atom is 0.254 e. The van der Waals surface area contributed by atoms with Gasteiger partial charge in [-0.3, -0.25) is 9.69 Å². The molecule has 0 saturated carbocycles. The van der Waals surface area contributed by atoms with Gasteiger partial charge in [-0.2, -0.15) is 0 Å². The molecule has 1 saturated heterocycles. The number of carbonyl (C=O) groups excluding carboxylic acids is 1. The van der Waals surface area contributed by atoms with E-state index in [0.717, 1.165) is 45.6 Å². The lowest BCUT2D eigenvalue weighted by atomic mass is 10.1. The molecule has 1 fully saturated rings. The number of unbranched alkanes of at least 4 members (excludes halogenated alkanes) is 1. The molecule has 1 aliphatic heterocycles. The van der Waals surface area contributed by atoms with Crippen LogP contribution in [0.25, 0.3) is 0 Å². The lowest BCUT2D eigenvalue weighted by Crippen LogP contribution is -2.48. The van der Waals surface area contributed by atoms with Crippen LogP contribution in [0.5, 0.6) is 11.5 Å².